The smallest absolute Gasteiger partial charge is 0.383 e. The van der Waals surface area contributed by atoms with Crippen LogP contribution in [0.2, 0.25) is 0 Å². The first-order valence-corrected chi connectivity index (χ1v) is 7.48. The molecule has 0 aliphatic carbocycles. The monoisotopic (exact) mass is 253 g/mol. The van der Waals surface area contributed by atoms with Crippen LogP contribution in [0.3, 0.4) is 0 Å². The van der Waals surface area contributed by atoms with Gasteiger partial charge in [0, 0.05) is 6.04 Å². The quantitative estimate of drug-likeness (QED) is 0.544. The predicted octanol–water partition coefficient (Wildman–Crippen LogP) is 2.55. The summed E-state index contributed by atoms with van der Waals surface area (Å²) in [6.45, 7) is 0. The highest BCUT2D eigenvalue weighted by molar-refractivity contribution is 6.40. The van der Waals surface area contributed by atoms with E-state index in [1.54, 1.807) is 0 Å². The van der Waals surface area contributed by atoms with Crippen LogP contribution in [0, 0.1) is 0 Å². The molecule has 0 unspecified atom stereocenters. The Morgan fingerprint density at radius 1 is 0.778 bits per heavy atom. The maximum atomic E-state index is 9.24. The second-order valence-electron chi connectivity index (χ2n) is 4.43. The summed E-state index contributed by atoms with van der Waals surface area (Å²) < 4.78 is 0. The van der Waals surface area contributed by atoms with E-state index < -0.39 is 9.28 Å². The largest absolute Gasteiger partial charge is 0.410 e. The average molecular weight is 253 g/mol. The molecular weight excluding hydrogens is 240 g/mol. The Balaban J connectivity index is 2.29. The van der Waals surface area contributed by atoms with Gasteiger partial charge in [0.05, 0.1) is 0 Å². The topological polar surface area (TPSA) is 40.5 Å². The van der Waals surface area contributed by atoms with Crippen molar-refractivity contribution in [3.63, 3.8) is 0 Å². The van der Waals surface area contributed by atoms with Crippen molar-refractivity contribution in [1.29, 1.82) is 0 Å². The summed E-state index contributed by atoms with van der Waals surface area (Å²) in [6.07, 6.45) is 0. The summed E-state index contributed by atoms with van der Waals surface area (Å²) in [7, 11) is -2.23. The van der Waals surface area contributed by atoms with Gasteiger partial charge in [0.2, 0.25) is 0 Å². The van der Waals surface area contributed by atoms with Crippen LogP contribution in [0.4, 0.5) is 0 Å². The average Bonchev–Trinajstić information content (AvgIpc) is 2.36. The van der Waals surface area contributed by atoms with E-state index in [2.05, 4.69) is 30.3 Å². The third-order valence-electron chi connectivity index (χ3n) is 3.19. The lowest BCUT2D eigenvalue weighted by atomic mass is 10.0. The third kappa shape index (κ3) is 2.04. The molecule has 1 radical (unpaired) electrons. The molecule has 0 spiro atoms. The molecule has 2 nitrogen and oxygen atoms in total. The molecule has 3 rings (SSSR count). The lowest BCUT2D eigenvalue weighted by molar-refractivity contribution is 0.405. The zero-order chi connectivity index (χ0) is 12.5. The fraction of sp³-hybridized carbons (Fsp3) is 0.0667. The molecule has 0 aliphatic rings. The van der Waals surface area contributed by atoms with Crippen molar-refractivity contribution in [3.8, 4) is 0 Å². The van der Waals surface area contributed by atoms with Crippen molar-refractivity contribution in [2.75, 3.05) is 0 Å². The van der Waals surface area contributed by atoms with Gasteiger partial charge in [-0.2, -0.15) is 0 Å². The van der Waals surface area contributed by atoms with Crippen LogP contribution < -0.4 is 0 Å². The number of hydrogen-bond acceptors (Lipinski definition) is 2. The molecule has 0 aromatic heterocycles. The van der Waals surface area contributed by atoms with E-state index in [1.165, 1.54) is 10.8 Å². The van der Waals surface area contributed by atoms with Gasteiger partial charge >= 0.3 is 9.28 Å². The molecule has 0 saturated heterocycles. The summed E-state index contributed by atoms with van der Waals surface area (Å²) in [6, 6.07) is 18.9. The molecule has 0 aliphatic heterocycles. The molecular formula is C15H13O2Si. The molecule has 0 saturated carbocycles. The Morgan fingerprint density at radius 2 is 1.44 bits per heavy atom. The summed E-state index contributed by atoms with van der Waals surface area (Å²) >= 11 is 0. The molecule has 0 bridgehead atoms. The minimum atomic E-state index is -2.23. The van der Waals surface area contributed by atoms with E-state index >= 15 is 0 Å². The first-order valence-electron chi connectivity index (χ1n) is 5.88. The number of rotatable bonds is 2. The fourth-order valence-electron chi connectivity index (χ4n) is 2.36. The number of fused-ring (bicyclic) bond motifs is 2. The molecule has 89 valence electrons. The highest BCUT2D eigenvalue weighted by Crippen LogP contribution is 2.25. The maximum Gasteiger partial charge on any atom is 0.383 e. The van der Waals surface area contributed by atoms with Gasteiger partial charge in [0.1, 0.15) is 0 Å². The molecule has 3 aromatic carbocycles. The standard InChI is InChI=1S/C15H13O2Si/c16-18(17)10-14-7-3-6-13-8-11-4-1-2-5-12(11)9-15(13)14/h1-9,16-17H,10H2. The number of benzene rings is 3. The van der Waals surface area contributed by atoms with Gasteiger partial charge in [-0.1, -0.05) is 42.5 Å². The van der Waals surface area contributed by atoms with Crippen LogP contribution in [0.25, 0.3) is 21.5 Å². The van der Waals surface area contributed by atoms with Crippen molar-refractivity contribution in [1.82, 2.24) is 0 Å². The molecule has 0 heterocycles. The van der Waals surface area contributed by atoms with Crippen LogP contribution in [0.15, 0.2) is 54.6 Å². The van der Waals surface area contributed by atoms with Crippen LogP contribution in [-0.4, -0.2) is 18.9 Å². The predicted molar refractivity (Wildman–Crippen MR) is 75.3 cm³/mol. The summed E-state index contributed by atoms with van der Waals surface area (Å²) in [4.78, 5) is 18.5. The van der Waals surface area contributed by atoms with Crippen LogP contribution in [-0.2, 0) is 6.04 Å². The van der Waals surface area contributed by atoms with Crippen LogP contribution in [0.5, 0.6) is 0 Å². The van der Waals surface area contributed by atoms with Gasteiger partial charge < -0.3 is 9.59 Å². The molecule has 3 heteroatoms. The normalized spacial score (nSPS) is 11.5. The molecule has 0 amide bonds. The zero-order valence-electron chi connectivity index (χ0n) is 9.80. The van der Waals surface area contributed by atoms with Crippen molar-refractivity contribution in [2.45, 2.75) is 6.04 Å². The van der Waals surface area contributed by atoms with E-state index in [1.807, 2.05) is 24.3 Å². The molecule has 3 aromatic rings. The van der Waals surface area contributed by atoms with Gasteiger partial charge in [-0.25, -0.2) is 0 Å². The van der Waals surface area contributed by atoms with Crippen molar-refractivity contribution >= 4 is 30.8 Å². The Bertz CT molecular complexity index is 707. The van der Waals surface area contributed by atoms with E-state index in [0.717, 1.165) is 16.3 Å². The van der Waals surface area contributed by atoms with Crippen molar-refractivity contribution < 1.29 is 9.59 Å². The van der Waals surface area contributed by atoms with Crippen LogP contribution in [0.1, 0.15) is 5.56 Å². The Kier molecular flexibility index (Phi) is 2.87. The van der Waals surface area contributed by atoms with E-state index in [4.69, 9.17) is 0 Å². The Hall–Kier alpha value is -1.68. The van der Waals surface area contributed by atoms with Gasteiger partial charge in [0.15, 0.2) is 0 Å². The summed E-state index contributed by atoms with van der Waals surface area (Å²) in [5.74, 6) is 0. The highest BCUT2D eigenvalue weighted by Gasteiger charge is 2.09. The Morgan fingerprint density at radius 3 is 2.17 bits per heavy atom. The first kappa shape index (κ1) is 11.4. The van der Waals surface area contributed by atoms with Gasteiger partial charge in [-0.3, -0.25) is 0 Å². The van der Waals surface area contributed by atoms with Crippen LogP contribution >= 0.6 is 0 Å². The van der Waals surface area contributed by atoms with E-state index in [-0.39, 0.29) is 0 Å². The second kappa shape index (κ2) is 4.53. The molecule has 18 heavy (non-hydrogen) atoms. The van der Waals surface area contributed by atoms with E-state index in [0.29, 0.717) is 6.04 Å². The lowest BCUT2D eigenvalue weighted by Crippen LogP contribution is -2.15. The van der Waals surface area contributed by atoms with Gasteiger partial charge in [-0.05, 0) is 39.2 Å². The zero-order valence-corrected chi connectivity index (χ0v) is 10.8. The van der Waals surface area contributed by atoms with Crippen molar-refractivity contribution in [2.24, 2.45) is 0 Å². The minimum absolute atomic E-state index is 0.361. The Labute approximate surface area is 107 Å². The van der Waals surface area contributed by atoms with Gasteiger partial charge in [-0.15, -0.1) is 0 Å². The van der Waals surface area contributed by atoms with Crippen molar-refractivity contribution in [3.05, 3.63) is 60.2 Å². The third-order valence-corrected chi connectivity index (χ3v) is 3.88. The maximum absolute atomic E-state index is 9.24. The minimum Gasteiger partial charge on any atom is -0.410 e. The SMILES string of the molecule is O[Si](O)Cc1cccc2cc3ccccc3cc12. The summed E-state index contributed by atoms with van der Waals surface area (Å²) in [5.41, 5.74) is 1.01. The molecule has 0 fully saturated rings. The second-order valence-corrected chi connectivity index (χ2v) is 5.62. The fourth-order valence-corrected chi connectivity index (χ4v) is 3.01. The summed E-state index contributed by atoms with van der Waals surface area (Å²) in [5, 5.41) is 4.65. The van der Waals surface area contributed by atoms with E-state index in [9.17, 15) is 9.59 Å². The molecule has 2 N–H and O–H groups in total. The highest BCUT2D eigenvalue weighted by atomic mass is 28.3. The first-order chi connectivity index (χ1) is 8.74. The lowest BCUT2D eigenvalue weighted by Gasteiger charge is -2.08. The molecule has 0 atom stereocenters. The van der Waals surface area contributed by atoms with Gasteiger partial charge in [0.25, 0.3) is 0 Å². The number of hydrogen-bond donors (Lipinski definition) is 2.